The molecule has 0 aromatic carbocycles. The van der Waals surface area contributed by atoms with Gasteiger partial charge in [-0.3, -0.25) is 0 Å². The maximum atomic E-state index is 11.6. The van der Waals surface area contributed by atoms with Crippen LogP contribution in [0, 0.1) is 0 Å². The number of alkyl carbamates (subject to hydrolysis) is 1. The van der Waals surface area contributed by atoms with Gasteiger partial charge in [0.05, 0.1) is 6.10 Å². The molecule has 0 bridgehead atoms. The predicted octanol–water partition coefficient (Wildman–Crippen LogP) is 2.43. The number of carbonyl (C=O) groups excluding carboxylic acids is 1. The molecule has 0 atom stereocenters. The van der Waals surface area contributed by atoms with Gasteiger partial charge in [0.1, 0.15) is 0 Å². The van der Waals surface area contributed by atoms with Gasteiger partial charge in [0.2, 0.25) is 0 Å². The highest BCUT2D eigenvalue weighted by Crippen LogP contribution is 2.28. The summed E-state index contributed by atoms with van der Waals surface area (Å²) in [7, 11) is 0. The van der Waals surface area contributed by atoms with Gasteiger partial charge in [-0.2, -0.15) is 0 Å². The van der Waals surface area contributed by atoms with Gasteiger partial charge in [-0.15, -0.1) is 0 Å². The summed E-state index contributed by atoms with van der Waals surface area (Å²) >= 11 is 0. The zero-order valence-electron chi connectivity index (χ0n) is 11.9. The minimum atomic E-state index is -0.307. The van der Waals surface area contributed by atoms with Crippen molar-refractivity contribution in [2.24, 2.45) is 0 Å². The molecule has 0 aromatic rings. The Morgan fingerprint density at radius 2 is 1.71 bits per heavy atom. The first kappa shape index (κ1) is 14.3. The second-order valence-electron chi connectivity index (χ2n) is 6.60. The Morgan fingerprint density at radius 3 is 2.12 bits per heavy atom. The van der Waals surface area contributed by atoms with Gasteiger partial charge in [0.15, 0.2) is 0 Å². The van der Waals surface area contributed by atoms with E-state index in [1.165, 1.54) is 0 Å². The van der Waals surface area contributed by atoms with Gasteiger partial charge in [-0.1, -0.05) is 0 Å². The summed E-state index contributed by atoms with van der Waals surface area (Å²) in [6, 6.07) is 0.174. The minimum absolute atomic E-state index is 0.0392. The largest absolute Gasteiger partial charge is 0.447 e. The van der Waals surface area contributed by atoms with E-state index in [2.05, 4.69) is 38.3 Å². The molecule has 1 heterocycles. The predicted molar refractivity (Wildman–Crippen MR) is 69.1 cm³/mol. The number of hydrogen-bond acceptors (Lipinski definition) is 3. The Kier molecular flexibility index (Phi) is 4.07. The summed E-state index contributed by atoms with van der Waals surface area (Å²) in [5.74, 6) is 0. The molecule has 0 saturated carbocycles. The molecule has 1 rings (SSSR count). The lowest BCUT2D eigenvalue weighted by atomic mass is 9.80. The summed E-state index contributed by atoms with van der Waals surface area (Å²) in [5.41, 5.74) is 0.0784. The highest BCUT2D eigenvalue weighted by Gasteiger charge is 2.38. The lowest BCUT2D eigenvalue weighted by Crippen LogP contribution is -2.62. The van der Waals surface area contributed by atoms with Crippen molar-refractivity contribution in [3.05, 3.63) is 0 Å². The zero-order chi connectivity index (χ0) is 13.3. The van der Waals surface area contributed by atoms with Gasteiger partial charge in [0.25, 0.3) is 0 Å². The minimum Gasteiger partial charge on any atom is -0.447 e. The molecule has 0 radical (unpaired) electrons. The number of rotatable bonds is 2. The monoisotopic (exact) mass is 242 g/mol. The highest BCUT2D eigenvalue weighted by atomic mass is 16.6. The summed E-state index contributed by atoms with van der Waals surface area (Å²) < 4.78 is 5.12. The molecule has 100 valence electrons. The average Bonchev–Trinajstić information content (AvgIpc) is 1.93. The second kappa shape index (κ2) is 4.84. The lowest BCUT2D eigenvalue weighted by molar-refractivity contribution is 0.0967. The Morgan fingerprint density at radius 1 is 1.24 bits per heavy atom. The maximum absolute atomic E-state index is 11.6. The quantitative estimate of drug-likeness (QED) is 0.782. The number of amides is 1. The van der Waals surface area contributed by atoms with Crippen LogP contribution in [-0.2, 0) is 4.74 Å². The van der Waals surface area contributed by atoms with Crippen molar-refractivity contribution in [1.29, 1.82) is 0 Å². The van der Waals surface area contributed by atoms with Crippen LogP contribution >= 0.6 is 0 Å². The van der Waals surface area contributed by atoms with Crippen molar-refractivity contribution >= 4 is 6.09 Å². The van der Waals surface area contributed by atoms with E-state index >= 15 is 0 Å². The van der Waals surface area contributed by atoms with Crippen LogP contribution in [0.25, 0.3) is 0 Å². The van der Waals surface area contributed by atoms with Crippen LogP contribution in [0.5, 0.6) is 0 Å². The van der Waals surface area contributed by atoms with Crippen LogP contribution in [0.15, 0.2) is 0 Å². The van der Waals surface area contributed by atoms with Gasteiger partial charge < -0.3 is 15.4 Å². The van der Waals surface area contributed by atoms with E-state index in [0.29, 0.717) is 0 Å². The first-order chi connectivity index (χ1) is 7.60. The SMILES string of the molecule is CC(C)OC(=O)NC1CC(C)(C)NC(C)(C)C1. The van der Waals surface area contributed by atoms with Gasteiger partial charge in [-0.25, -0.2) is 4.79 Å². The van der Waals surface area contributed by atoms with Crippen molar-refractivity contribution < 1.29 is 9.53 Å². The standard InChI is InChI=1S/C13H26N2O2/c1-9(2)17-11(16)14-10-7-12(3,4)15-13(5,6)8-10/h9-10,15H,7-8H2,1-6H3,(H,14,16). The molecule has 0 spiro atoms. The molecule has 0 aromatic heterocycles. The molecule has 17 heavy (non-hydrogen) atoms. The summed E-state index contributed by atoms with van der Waals surface area (Å²) in [6.07, 6.45) is 1.46. The molecule has 1 saturated heterocycles. The van der Waals surface area contributed by atoms with Crippen LogP contribution in [0.1, 0.15) is 54.4 Å². The van der Waals surface area contributed by atoms with Gasteiger partial charge in [-0.05, 0) is 54.4 Å². The normalized spacial score (nSPS) is 23.5. The van der Waals surface area contributed by atoms with Crippen molar-refractivity contribution in [2.45, 2.75) is 77.6 Å². The number of piperidine rings is 1. The Labute approximate surface area is 104 Å². The highest BCUT2D eigenvalue weighted by molar-refractivity contribution is 5.67. The summed E-state index contributed by atoms with van der Waals surface area (Å²) in [5, 5.41) is 6.54. The number of carbonyl (C=O) groups is 1. The van der Waals surface area contributed by atoms with Crippen molar-refractivity contribution in [3.8, 4) is 0 Å². The molecule has 1 fully saturated rings. The first-order valence-corrected chi connectivity index (χ1v) is 6.36. The number of nitrogens with one attached hydrogen (secondary N) is 2. The maximum Gasteiger partial charge on any atom is 0.407 e. The Balaban J connectivity index is 2.56. The fourth-order valence-electron chi connectivity index (χ4n) is 2.84. The molecule has 2 N–H and O–H groups in total. The lowest BCUT2D eigenvalue weighted by Gasteiger charge is -2.46. The van der Waals surface area contributed by atoms with Crippen LogP contribution in [0.4, 0.5) is 4.79 Å². The molecule has 0 unspecified atom stereocenters. The summed E-state index contributed by atoms with van der Waals surface area (Å²) in [6.45, 7) is 12.4. The van der Waals surface area contributed by atoms with Crippen molar-refractivity contribution in [3.63, 3.8) is 0 Å². The second-order valence-corrected chi connectivity index (χ2v) is 6.60. The molecule has 4 nitrogen and oxygen atoms in total. The van der Waals surface area contributed by atoms with Gasteiger partial charge in [0, 0.05) is 17.1 Å². The van der Waals surface area contributed by atoms with Crippen LogP contribution in [-0.4, -0.2) is 29.3 Å². The number of hydrogen-bond donors (Lipinski definition) is 2. The molecule has 4 heteroatoms. The van der Waals surface area contributed by atoms with E-state index in [0.717, 1.165) is 12.8 Å². The third kappa shape index (κ3) is 4.94. The molecule has 1 aliphatic rings. The molecule has 0 aliphatic carbocycles. The van der Waals surface area contributed by atoms with Crippen LogP contribution in [0.2, 0.25) is 0 Å². The summed E-state index contributed by atoms with van der Waals surface area (Å²) in [4.78, 5) is 11.6. The average molecular weight is 242 g/mol. The van der Waals surface area contributed by atoms with E-state index in [1.807, 2.05) is 13.8 Å². The van der Waals surface area contributed by atoms with E-state index in [9.17, 15) is 4.79 Å². The molecule has 1 aliphatic heterocycles. The first-order valence-electron chi connectivity index (χ1n) is 6.36. The smallest absolute Gasteiger partial charge is 0.407 e. The third-order valence-electron chi connectivity index (χ3n) is 2.85. The van der Waals surface area contributed by atoms with Crippen LogP contribution < -0.4 is 10.6 Å². The van der Waals surface area contributed by atoms with Gasteiger partial charge >= 0.3 is 6.09 Å². The Bertz CT molecular complexity index is 269. The Hall–Kier alpha value is -0.770. The molecular formula is C13H26N2O2. The fourth-order valence-corrected chi connectivity index (χ4v) is 2.84. The van der Waals surface area contributed by atoms with Crippen molar-refractivity contribution in [2.75, 3.05) is 0 Å². The number of ether oxygens (including phenoxy) is 1. The van der Waals surface area contributed by atoms with Crippen LogP contribution in [0.3, 0.4) is 0 Å². The van der Waals surface area contributed by atoms with E-state index in [-0.39, 0.29) is 29.3 Å². The fraction of sp³-hybridized carbons (Fsp3) is 0.923. The topological polar surface area (TPSA) is 50.4 Å². The van der Waals surface area contributed by atoms with E-state index in [1.54, 1.807) is 0 Å². The van der Waals surface area contributed by atoms with Crippen molar-refractivity contribution in [1.82, 2.24) is 10.6 Å². The van der Waals surface area contributed by atoms with E-state index < -0.39 is 0 Å². The molecule has 1 amide bonds. The third-order valence-corrected chi connectivity index (χ3v) is 2.85. The zero-order valence-corrected chi connectivity index (χ0v) is 11.9. The van der Waals surface area contributed by atoms with E-state index in [4.69, 9.17) is 4.74 Å². The molecular weight excluding hydrogens is 216 g/mol.